The Balaban J connectivity index is 1.32. The molecule has 4 heterocycles. The zero-order valence-electron chi connectivity index (χ0n) is 19.5. The Morgan fingerprint density at radius 2 is 2.14 bits per heavy atom. The van der Waals surface area contributed by atoms with Crippen molar-refractivity contribution in [2.75, 3.05) is 25.1 Å². The van der Waals surface area contributed by atoms with Gasteiger partial charge in [-0.1, -0.05) is 13.0 Å². The molecule has 3 aromatic rings. The van der Waals surface area contributed by atoms with E-state index in [0.717, 1.165) is 5.56 Å². The molecule has 2 saturated heterocycles. The summed E-state index contributed by atoms with van der Waals surface area (Å²) in [6.45, 7) is 3.05. The Bertz CT molecular complexity index is 1230. The average molecular weight is 504 g/mol. The van der Waals surface area contributed by atoms with Crippen LogP contribution in [-0.4, -0.2) is 52.7 Å². The van der Waals surface area contributed by atoms with Gasteiger partial charge in [0.1, 0.15) is 28.8 Å². The van der Waals surface area contributed by atoms with Crippen LogP contribution in [0.25, 0.3) is 10.6 Å². The normalized spacial score (nSPS) is 24.0. The van der Waals surface area contributed by atoms with Gasteiger partial charge in [0.05, 0.1) is 37.4 Å². The van der Waals surface area contributed by atoms with E-state index in [0.29, 0.717) is 48.0 Å². The van der Waals surface area contributed by atoms with Crippen LogP contribution >= 0.6 is 11.3 Å². The number of anilines is 1. The third-order valence-electron chi connectivity index (χ3n) is 6.70. The fourth-order valence-corrected chi connectivity index (χ4v) is 5.23. The number of carbonyl (C=O) groups excluding carboxylic acids is 1. The molecule has 0 aliphatic carbocycles. The highest BCUT2D eigenvalue weighted by Crippen LogP contribution is 2.36. The minimum Gasteiger partial charge on any atom is -0.379 e. The summed E-state index contributed by atoms with van der Waals surface area (Å²) in [4.78, 5) is 17.3. The van der Waals surface area contributed by atoms with E-state index in [4.69, 9.17) is 15.2 Å². The fourth-order valence-electron chi connectivity index (χ4n) is 4.41. The average Bonchev–Trinajstić information content (AvgIpc) is 3.40. The molecule has 0 saturated carbocycles. The highest BCUT2D eigenvalue weighted by molar-refractivity contribution is 7.13. The van der Waals surface area contributed by atoms with Crippen LogP contribution in [0, 0.1) is 5.82 Å². The third kappa shape index (κ3) is 4.61. The molecule has 11 heteroatoms. The summed E-state index contributed by atoms with van der Waals surface area (Å²) in [5, 5.41) is 9.05. The minimum absolute atomic E-state index is 0.115. The van der Waals surface area contributed by atoms with Crippen LogP contribution in [-0.2, 0) is 21.9 Å². The van der Waals surface area contributed by atoms with Gasteiger partial charge in [0.2, 0.25) is 0 Å². The molecule has 2 fully saturated rings. The van der Waals surface area contributed by atoms with Gasteiger partial charge in [0.15, 0.2) is 0 Å². The number of aromatic nitrogens is 3. The lowest BCUT2D eigenvalue weighted by Crippen LogP contribution is -2.43. The van der Waals surface area contributed by atoms with E-state index >= 15 is 0 Å². The molecule has 2 aliphatic heterocycles. The Kier molecular flexibility index (Phi) is 6.43. The number of aryl methyl sites for hydroxylation is 1. The second kappa shape index (κ2) is 9.38. The summed E-state index contributed by atoms with van der Waals surface area (Å²) in [6, 6.07) is 4.51. The first-order valence-corrected chi connectivity index (χ1v) is 12.3. The van der Waals surface area contributed by atoms with E-state index in [-0.39, 0.29) is 23.5 Å². The minimum atomic E-state index is -1.24. The number of alkyl halides is 1. The van der Waals surface area contributed by atoms with Crippen LogP contribution in [0.4, 0.5) is 14.5 Å². The molecule has 3 atom stereocenters. The van der Waals surface area contributed by atoms with E-state index in [1.54, 1.807) is 23.2 Å². The van der Waals surface area contributed by atoms with Gasteiger partial charge in [-0.3, -0.25) is 9.48 Å². The van der Waals surface area contributed by atoms with E-state index < -0.39 is 24.2 Å². The summed E-state index contributed by atoms with van der Waals surface area (Å²) < 4.78 is 41.5. The van der Waals surface area contributed by atoms with Crippen molar-refractivity contribution >= 4 is 22.9 Å². The van der Waals surface area contributed by atoms with Crippen molar-refractivity contribution in [2.24, 2.45) is 12.8 Å². The summed E-state index contributed by atoms with van der Waals surface area (Å²) in [5.41, 5.74) is 8.13. The summed E-state index contributed by atoms with van der Waals surface area (Å²) >= 11 is 1.19. The fraction of sp³-hybridized carbons (Fsp3) is 0.458. The summed E-state index contributed by atoms with van der Waals surface area (Å²) in [7, 11) is 1.73. The smallest absolute Gasteiger partial charge is 0.275 e. The van der Waals surface area contributed by atoms with Crippen molar-refractivity contribution < 1.29 is 23.0 Å². The zero-order chi connectivity index (χ0) is 24.7. The highest BCUT2D eigenvalue weighted by atomic mass is 32.1. The SMILES string of the molecule is Cn1ncc(NC(=O)c2csc(-c3ccc(C4(C)COC4)cc3F)n2)c1[C@@H]1CC[C@@H](N)[C@H](F)CO1. The van der Waals surface area contributed by atoms with Gasteiger partial charge in [0.25, 0.3) is 5.91 Å². The second-order valence-corrected chi connectivity index (χ2v) is 10.2. The topological polar surface area (TPSA) is 104 Å². The van der Waals surface area contributed by atoms with Gasteiger partial charge in [-0.2, -0.15) is 5.10 Å². The molecule has 0 spiro atoms. The van der Waals surface area contributed by atoms with Crippen molar-refractivity contribution in [3.63, 3.8) is 0 Å². The number of nitrogens with zero attached hydrogens (tertiary/aromatic N) is 3. The molecule has 186 valence electrons. The molecule has 0 bridgehead atoms. The predicted molar refractivity (Wildman–Crippen MR) is 128 cm³/mol. The van der Waals surface area contributed by atoms with Crippen molar-refractivity contribution in [3.05, 3.63) is 52.5 Å². The van der Waals surface area contributed by atoms with Crippen molar-refractivity contribution in [1.82, 2.24) is 14.8 Å². The maximum Gasteiger partial charge on any atom is 0.275 e. The largest absolute Gasteiger partial charge is 0.379 e. The van der Waals surface area contributed by atoms with Crippen molar-refractivity contribution in [2.45, 2.75) is 43.5 Å². The molecule has 1 aromatic carbocycles. The Labute approximate surface area is 205 Å². The first-order chi connectivity index (χ1) is 16.7. The number of ether oxygens (including phenoxy) is 2. The van der Waals surface area contributed by atoms with E-state index in [2.05, 4.69) is 15.4 Å². The molecule has 3 N–H and O–H groups in total. The van der Waals surface area contributed by atoms with Crippen molar-refractivity contribution in [3.8, 4) is 10.6 Å². The van der Waals surface area contributed by atoms with E-state index in [1.165, 1.54) is 23.6 Å². The number of hydrogen-bond donors (Lipinski definition) is 2. The van der Waals surface area contributed by atoms with Gasteiger partial charge >= 0.3 is 0 Å². The van der Waals surface area contributed by atoms with Gasteiger partial charge in [-0.15, -0.1) is 11.3 Å². The molecule has 1 amide bonds. The molecular formula is C24H27F2N5O3S. The lowest BCUT2D eigenvalue weighted by molar-refractivity contribution is -0.0501. The number of amides is 1. The number of hydrogen-bond acceptors (Lipinski definition) is 7. The number of halogens is 2. The zero-order valence-corrected chi connectivity index (χ0v) is 20.3. The Hall–Kier alpha value is -2.73. The van der Waals surface area contributed by atoms with E-state index in [1.807, 2.05) is 13.0 Å². The van der Waals surface area contributed by atoms with E-state index in [9.17, 15) is 13.6 Å². The lowest BCUT2D eigenvalue weighted by atomic mass is 9.80. The summed E-state index contributed by atoms with van der Waals surface area (Å²) in [6.07, 6.45) is 0.789. The number of carbonyl (C=O) groups is 1. The standard InChI is InChI=1S/C24H27F2N5O3S/c1-24(11-33-12-24)13-3-4-14(15(25)7-13)23-30-19(10-35-23)22(32)29-18-8-28-31(2)21(18)20-6-5-17(27)16(26)9-34-20/h3-4,7-8,10,16-17,20H,5-6,9,11-12,27H2,1-2H3,(H,29,32)/t16-,17-,20+/m1/s1. The maximum absolute atomic E-state index is 14.9. The second-order valence-electron chi connectivity index (χ2n) is 9.39. The van der Waals surface area contributed by atoms with Crippen LogP contribution in [0.5, 0.6) is 0 Å². The quantitative estimate of drug-likeness (QED) is 0.550. The molecule has 5 rings (SSSR count). The van der Waals surface area contributed by atoms with Crippen LogP contribution in [0.2, 0.25) is 0 Å². The van der Waals surface area contributed by atoms with Gasteiger partial charge in [0, 0.05) is 29.4 Å². The highest BCUT2D eigenvalue weighted by Gasteiger charge is 2.36. The predicted octanol–water partition coefficient (Wildman–Crippen LogP) is 3.74. The lowest BCUT2D eigenvalue weighted by Gasteiger charge is -2.38. The molecule has 0 unspecified atom stereocenters. The summed E-state index contributed by atoms with van der Waals surface area (Å²) in [5.74, 6) is -0.840. The first-order valence-electron chi connectivity index (χ1n) is 11.4. The van der Waals surface area contributed by atoms with Crippen LogP contribution in [0.15, 0.2) is 29.8 Å². The first kappa shape index (κ1) is 24.0. The molecule has 35 heavy (non-hydrogen) atoms. The number of benzene rings is 1. The van der Waals surface area contributed by atoms with Crippen LogP contribution in [0.3, 0.4) is 0 Å². The number of nitrogens with two attached hydrogens (primary N) is 1. The van der Waals surface area contributed by atoms with Crippen LogP contribution in [0.1, 0.15) is 47.6 Å². The third-order valence-corrected chi connectivity index (χ3v) is 7.57. The Morgan fingerprint density at radius 3 is 2.86 bits per heavy atom. The Morgan fingerprint density at radius 1 is 1.34 bits per heavy atom. The van der Waals surface area contributed by atoms with Gasteiger partial charge in [-0.25, -0.2) is 13.8 Å². The van der Waals surface area contributed by atoms with Crippen molar-refractivity contribution in [1.29, 1.82) is 0 Å². The molecular weight excluding hydrogens is 476 g/mol. The number of rotatable bonds is 5. The number of thiazole rings is 1. The molecule has 2 aliphatic rings. The van der Waals surface area contributed by atoms with Gasteiger partial charge in [-0.05, 0) is 30.5 Å². The molecule has 8 nitrogen and oxygen atoms in total. The molecule has 0 radical (unpaired) electrons. The maximum atomic E-state index is 14.9. The number of nitrogens with one attached hydrogen (secondary N) is 1. The van der Waals surface area contributed by atoms with Crippen LogP contribution < -0.4 is 11.1 Å². The monoisotopic (exact) mass is 503 g/mol. The molecule has 2 aromatic heterocycles. The van der Waals surface area contributed by atoms with Gasteiger partial charge < -0.3 is 20.5 Å².